The molecule has 2 N–H and O–H groups in total. The summed E-state index contributed by atoms with van der Waals surface area (Å²) in [5.74, 6) is 0.930. The predicted molar refractivity (Wildman–Crippen MR) is 119 cm³/mol. The van der Waals surface area contributed by atoms with Gasteiger partial charge in [-0.2, -0.15) is 0 Å². The van der Waals surface area contributed by atoms with E-state index in [2.05, 4.69) is 16.3 Å². The number of hydrogen-bond donors (Lipinski definition) is 2. The molecule has 0 spiro atoms. The van der Waals surface area contributed by atoms with Crippen molar-refractivity contribution >= 4 is 5.71 Å². The van der Waals surface area contributed by atoms with E-state index in [0.29, 0.717) is 6.61 Å². The lowest BCUT2D eigenvalue weighted by molar-refractivity contribution is 0.225. The lowest BCUT2D eigenvalue weighted by Crippen LogP contribution is -2.31. The topological polar surface area (TPSA) is 66.3 Å². The lowest BCUT2D eigenvalue weighted by Gasteiger charge is -2.34. The van der Waals surface area contributed by atoms with Crippen molar-refractivity contribution in [2.75, 3.05) is 47.0 Å². The molecule has 1 saturated heterocycles. The number of nitrogens with one attached hydrogen (secondary N) is 1. The van der Waals surface area contributed by atoms with Crippen molar-refractivity contribution < 1.29 is 19.0 Å². The zero-order valence-electron chi connectivity index (χ0n) is 18.1. The van der Waals surface area contributed by atoms with Crippen LogP contribution in [0.15, 0.2) is 64.4 Å². The summed E-state index contributed by atoms with van der Waals surface area (Å²) < 4.78 is 25.5. The van der Waals surface area contributed by atoms with E-state index in [1.54, 1.807) is 6.08 Å². The highest BCUT2D eigenvalue weighted by molar-refractivity contribution is 6.10. The van der Waals surface area contributed by atoms with Crippen molar-refractivity contribution in [2.24, 2.45) is 16.8 Å². The van der Waals surface area contributed by atoms with Crippen molar-refractivity contribution in [1.29, 1.82) is 0 Å². The average molecular weight is 428 g/mol. The van der Waals surface area contributed by atoms with Gasteiger partial charge in [-0.05, 0) is 43.8 Å². The third kappa shape index (κ3) is 4.67. The maximum atomic E-state index is 14.6. The highest BCUT2D eigenvalue weighted by atomic mass is 19.1. The third-order valence-electron chi connectivity index (χ3n) is 6.08. The number of allylic oxidation sites excluding steroid dienone is 3. The van der Waals surface area contributed by atoms with Crippen LogP contribution in [0.1, 0.15) is 18.4 Å². The van der Waals surface area contributed by atoms with Gasteiger partial charge in [0.05, 0.1) is 18.5 Å². The van der Waals surface area contributed by atoms with Crippen LogP contribution in [0.5, 0.6) is 5.75 Å². The van der Waals surface area contributed by atoms with Crippen molar-refractivity contribution in [3.8, 4) is 5.75 Å². The Labute approximate surface area is 182 Å². The number of aliphatic hydroxyl groups is 1. The van der Waals surface area contributed by atoms with Gasteiger partial charge in [-0.1, -0.05) is 0 Å². The molecule has 2 unspecified atom stereocenters. The Balaban J connectivity index is 1.64. The fourth-order valence-corrected chi connectivity index (χ4v) is 4.31. The molecule has 1 aromatic rings. The van der Waals surface area contributed by atoms with Gasteiger partial charge in [0.1, 0.15) is 18.2 Å². The number of aliphatic imine (C=N–C) groups is 1. The number of rotatable bonds is 8. The monoisotopic (exact) mass is 427 g/mol. The largest absolute Gasteiger partial charge is 0.494 e. The molecule has 166 valence electrons. The van der Waals surface area contributed by atoms with Crippen LogP contribution in [-0.4, -0.2) is 62.7 Å². The zero-order valence-corrected chi connectivity index (χ0v) is 18.1. The van der Waals surface area contributed by atoms with E-state index in [4.69, 9.17) is 14.5 Å². The quantitative estimate of drug-likeness (QED) is 0.625. The zero-order chi connectivity index (χ0) is 21.8. The molecule has 31 heavy (non-hydrogen) atoms. The maximum Gasteiger partial charge on any atom is 0.152 e. The molecule has 0 radical (unpaired) electrons. The molecule has 0 bridgehead atoms. The molecule has 1 aliphatic carbocycles. The first-order valence-corrected chi connectivity index (χ1v) is 10.8. The van der Waals surface area contributed by atoms with Gasteiger partial charge in [-0.3, -0.25) is 4.99 Å². The summed E-state index contributed by atoms with van der Waals surface area (Å²) in [6.45, 7) is 3.20. The Morgan fingerprint density at radius 2 is 2.06 bits per heavy atom. The van der Waals surface area contributed by atoms with E-state index < -0.39 is 0 Å². The number of dihydropyridines is 1. The van der Waals surface area contributed by atoms with Crippen LogP contribution in [0.4, 0.5) is 4.39 Å². The van der Waals surface area contributed by atoms with E-state index >= 15 is 0 Å². The van der Waals surface area contributed by atoms with Gasteiger partial charge in [0, 0.05) is 61.8 Å². The number of fused-ring (bicyclic) bond motifs is 1. The molecular weight excluding hydrogens is 397 g/mol. The Kier molecular flexibility index (Phi) is 6.73. The van der Waals surface area contributed by atoms with Crippen LogP contribution in [0.25, 0.3) is 0 Å². The second-order valence-electron chi connectivity index (χ2n) is 8.13. The maximum absolute atomic E-state index is 14.6. The first-order valence-electron chi connectivity index (χ1n) is 10.8. The molecule has 4 rings (SSSR count). The van der Waals surface area contributed by atoms with Crippen LogP contribution in [0.2, 0.25) is 0 Å². The van der Waals surface area contributed by atoms with Crippen molar-refractivity contribution in [2.45, 2.75) is 12.8 Å². The lowest BCUT2D eigenvalue weighted by atomic mass is 9.87. The van der Waals surface area contributed by atoms with Gasteiger partial charge in [-0.25, -0.2) is 4.39 Å². The number of likely N-dealkylation sites (N-methyl/N-ethyl adjacent to an activating group) is 1. The minimum atomic E-state index is -0.248. The van der Waals surface area contributed by atoms with Crippen molar-refractivity contribution in [3.05, 3.63) is 65.0 Å². The summed E-state index contributed by atoms with van der Waals surface area (Å²) in [6.07, 6.45) is 4.97. The number of methoxy groups -OCH3 is 1. The van der Waals surface area contributed by atoms with Crippen LogP contribution in [0.3, 0.4) is 0 Å². The molecule has 7 heteroatoms. The fourth-order valence-electron chi connectivity index (χ4n) is 4.31. The van der Waals surface area contributed by atoms with E-state index in [-0.39, 0.29) is 36.4 Å². The normalized spacial score (nSPS) is 23.2. The van der Waals surface area contributed by atoms with Gasteiger partial charge in [0.25, 0.3) is 0 Å². The van der Waals surface area contributed by atoms with E-state index in [1.807, 2.05) is 31.3 Å². The molecule has 2 heterocycles. The second kappa shape index (κ2) is 9.66. The average Bonchev–Trinajstić information content (AvgIpc) is 3.28. The smallest absolute Gasteiger partial charge is 0.152 e. The molecule has 1 fully saturated rings. The summed E-state index contributed by atoms with van der Waals surface area (Å²) in [5, 5.41) is 12.6. The van der Waals surface area contributed by atoms with E-state index in [1.165, 1.54) is 7.11 Å². The van der Waals surface area contributed by atoms with E-state index in [9.17, 15) is 9.50 Å². The van der Waals surface area contributed by atoms with Gasteiger partial charge in [-0.15, -0.1) is 0 Å². The molecule has 6 nitrogen and oxygen atoms in total. The summed E-state index contributed by atoms with van der Waals surface area (Å²) in [7, 11) is 3.37. The van der Waals surface area contributed by atoms with Crippen LogP contribution in [-0.2, 0) is 4.74 Å². The van der Waals surface area contributed by atoms with Gasteiger partial charge in [0.2, 0.25) is 0 Å². The first kappa shape index (κ1) is 21.6. The number of ether oxygens (including phenoxy) is 2. The van der Waals surface area contributed by atoms with Gasteiger partial charge < -0.3 is 24.8 Å². The van der Waals surface area contributed by atoms with Crippen LogP contribution in [0, 0.1) is 11.8 Å². The number of halogens is 1. The second-order valence-corrected chi connectivity index (χ2v) is 8.13. The Morgan fingerprint density at radius 3 is 2.74 bits per heavy atom. The summed E-state index contributed by atoms with van der Waals surface area (Å²) in [5.41, 5.74) is 3.69. The highest BCUT2D eigenvalue weighted by Crippen LogP contribution is 2.41. The number of aliphatic hydroxyl groups excluding tert-OH is 1. The van der Waals surface area contributed by atoms with Crippen LogP contribution < -0.4 is 10.1 Å². The molecule has 2 aliphatic heterocycles. The minimum absolute atomic E-state index is 0.135. The molecule has 1 aromatic carbocycles. The summed E-state index contributed by atoms with van der Waals surface area (Å²) >= 11 is 0. The molecule has 0 amide bonds. The standard InChI is InChI=1S/C24H30FN3O3/c1-26-8-10-31-18-5-3-17(4-6-18)21-12-23(28-9-7-16(14-28)15-29)19-11-20(25)24(30-2)13-22(19)27-21/h3-6,12-13,16,19,26,29H,7-11,14-15H2,1-2H3. The molecule has 3 aliphatic rings. The van der Waals surface area contributed by atoms with Gasteiger partial charge in [0.15, 0.2) is 5.76 Å². The fraction of sp³-hybridized carbons (Fsp3) is 0.458. The first-order chi connectivity index (χ1) is 15.1. The molecule has 2 atom stereocenters. The third-order valence-corrected chi connectivity index (χ3v) is 6.08. The summed E-state index contributed by atoms with van der Waals surface area (Å²) in [6, 6.07) is 7.89. The Morgan fingerprint density at radius 1 is 1.26 bits per heavy atom. The number of nitrogens with zero attached hydrogens (tertiary/aromatic N) is 2. The molecule has 0 aromatic heterocycles. The van der Waals surface area contributed by atoms with Gasteiger partial charge >= 0.3 is 0 Å². The Hall–Kier alpha value is -2.64. The predicted octanol–water partition coefficient (Wildman–Crippen LogP) is 3.02. The summed E-state index contributed by atoms with van der Waals surface area (Å²) in [4.78, 5) is 7.14. The molecular formula is C24H30FN3O3. The van der Waals surface area contributed by atoms with Crippen LogP contribution >= 0.6 is 0 Å². The van der Waals surface area contributed by atoms with Crippen molar-refractivity contribution in [1.82, 2.24) is 10.2 Å². The van der Waals surface area contributed by atoms with Crippen molar-refractivity contribution in [3.63, 3.8) is 0 Å². The Bertz CT molecular complexity index is 921. The SMILES string of the molecule is CNCCOc1ccc(C2=NC3=CC(OC)=C(F)CC3C(N3CCC(CO)C3)=C2)cc1. The number of hydrogen-bond acceptors (Lipinski definition) is 6. The van der Waals surface area contributed by atoms with E-state index in [0.717, 1.165) is 54.5 Å². The highest BCUT2D eigenvalue weighted by Gasteiger charge is 2.35. The molecule has 0 saturated carbocycles. The minimum Gasteiger partial charge on any atom is -0.494 e. The number of likely N-dealkylation sites (tertiary alicyclic amines) is 1. The number of benzene rings is 1.